The zero-order valence-electron chi connectivity index (χ0n) is 14.1. The molecule has 3 aromatic rings. The van der Waals surface area contributed by atoms with Crippen LogP contribution >= 0.6 is 0 Å². The van der Waals surface area contributed by atoms with Crippen LogP contribution in [-0.4, -0.2) is 29.0 Å². The van der Waals surface area contributed by atoms with Crippen LogP contribution in [0.4, 0.5) is 5.69 Å². The Morgan fingerprint density at radius 1 is 1.12 bits per heavy atom. The predicted octanol–water partition coefficient (Wildman–Crippen LogP) is 4.23. The molecule has 122 valence electrons. The van der Waals surface area contributed by atoms with E-state index in [0.29, 0.717) is 6.04 Å². The molecule has 0 aliphatic carbocycles. The highest BCUT2D eigenvalue weighted by Gasteiger charge is 2.22. The number of aryl methyl sites for hydroxylation is 1. The Labute approximate surface area is 143 Å². The maximum absolute atomic E-state index is 4.21. The van der Waals surface area contributed by atoms with Gasteiger partial charge in [-0.3, -0.25) is 9.88 Å². The minimum Gasteiger partial charge on any atom is -0.380 e. The Morgan fingerprint density at radius 3 is 2.88 bits per heavy atom. The maximum atomic E-state index is 4.21. The predicted molar refractivity (Wildman–Crippen MR) is 100 cm³/mol. The zero-order chi connectivity index (χ0) is 16.4. The van der Waals surface area contributed by atoms with Gasteiger partial charge >= 0.3 is 0 Å². The van der Waals surface area contributed by atoms with Crippen molar-refractivity contribution in [1.29, 1.82) is 0 Å². The number of rotatable bonds is 4. The number of benzene rings is 2. The van der Waals surface area contributed by atoms with Crippen molar-refractivity contribution in [2.24, 2.45) is 0 Å². The van der Waals surface area contributed by atoms with Gasteiger partial charge in [0.15, 0.2) is 0 Å². The molecule has 1 aliphatic rings. The molecule has 1 aromatic heterocycles. The van der Waals surface area contributed by atoms with Gasteiger partial charge in [-0.05, 0) is 31.0 Å². The van der Waals surface area contributed by atoms with Crippen LogP contribution in [0.15, 0.2) is 60.9 Å². The Kier molecular flexibility index (Phi) is 4.18. The number of hydrogen-bond acceptors (Lipinski definition) is 3. The first-order valence-electron chi connectivity index (χ1n) is 8.65. The van der Waals surface area contributed by atoms with E-state index in [1.807, 2.05) is 12.4 Å². The average Bonchev–Trinajstić information content (AvgIpc) is 3.04. The number of anilines is 1. The highest BCUT2D eigenvalue weighted by Crippen LogP contribution is 2.25. The summed E-state index contributed by atoms with van der Waals surface area (Å²) in [6.07, 6.45) is 4.98. The van der Waals surface area contributed by atoms with Crippen molar-refractivity contribution in [1.82, 2.24) is 9.88 Å². The third-order valence-corrected chi connectivity index (χ3v) is 4.84. The van der Waals surface area contributed by atoms with Crippen LogP contribution in [-0.2, 0) is 6.54 Å². The number of aromatic nitrogens is 1. The van der Waals surface area contributed by atoms with Crippen molar-refractivity contribution < 1.29 is 0 Å². The second kappa shape index (κ2) is 6.62. The molecule has 24 heavy (non-hydrogen) atoms. The molecule has 4 rings (SSSR count). The topological polar surface area (TPSA) is 28.2 Å². The van der Waals surface area contributed by atoms with E-state index in [0.717, 1.165) is 19.6 Å². The molecule has 2 aromatic carbocycles. The highest BCUT2D eigenvalue weighted by molar-refractivity contribution is 5.93. The molecule has 1 atom stereocenters. The van der Waals surface area contributed by atoms with Crippen molar-refractivity contribution in [3.05, 3.63) is 72.1 Å². The summed E-state index contributed by atoms with van der Waals surface area (Å²) in [5.74, 6) is 0. The van der Waals surface area contributed by atoms with Crippen molar-refractivity contribution in [3.8, 4) is 0 Å². The summed E-state index contributed by atoms with van der Waals surface area (Å²) in [6.45, 7) is 5.42. The molecule has 0 spiro atoms. The molecule has 1 fully saturated rings. The van der Waals surface area contributed by atoms with Gasteiger partial charge < -0.3 is 5.32 Å². The summed E-state index contributed by atoms with van der Waals surface area (Å²) < 4.78 is 0. The van der Waals surface area contributed by atoms with E-state index in [1.165, 1.54) is 34.0 Å². The molecule has 0 bridgehead atoms. The number of likely N-dealkylation sites (tertiary alicyclic amines) is 1. The van der Waals surface area contributed by atoms with Crippen molar-refractivity contribution in [3.63, 3.8) is 0 Å². The summed E-state index contributed by atoms with van der Waals surface area (Å²) in [5, 5.41) is 6.19. The second-order valence-corrected chi connectivity index (χ2v) is 6.75. The molecule has 1 saturated heterocycles. The van der Waals surface area contributed by atoms with E-state index in [1.54, 1.807) is 0 Å². The fourth-order valence-electron chi connectivity index (χ4n) is 3.51. The molecule has 3 nitrogen and oxygen atoms in total. The minimum absolute atomic E-state index is 0.509. The lowest BCUT2D eigenvalue weighted by atomic mass is 10.1. The first-order chi connectivity index (χ1) is 11.8. The summed E-state index contributed by atoms with van der Waals surface area (Å²) in [4.78, 5) is 6.75. The van der Waals surface area contributed by atoms with Gasteiger partial charge in [0.2, 0.25) is 0 Å². The summed E-state index contributed by atoms with van der Waals surface area (Å²) in [6, 6.07) is 17.9. The van der Waals surface area contributed by atoms with Crippen LogP contribution in [0.1, 0.15) is 17.5 Å². The van der Waals surface area contributed by atoms with Crippen LogP contribution in [0.25, 0.3) is 10.8 Å². The highest BCUT2D eigenvalue weighted by atomic mass is 15.2. The molecule has 1 N–H and O–H groups in total. The summed E-state index contributed by atoms with van der Waals surface area (Å²) >= 11 is 0. The Hall–Kier alpha value is -2.39. The summed E-state index contributed by atoms with van der Waals surface area (Å²) in [7, 11) is 0. The largest absolute Gasteiger partial charge is 0.380 e. The SMILES string of the molecule is Cc1ccc(CN2CC[C@@H](Nc3cccc4cnccc34)C2)cc1. The zero-order valence-corrected chi connectivity index (χ0v) is 14.1. The van der Waals surface area contributed by atoms with Crippen LogP contribution in [0.3, 0.4) is 0 Å². The molecule has 0 amide bonds. The van der Waals surface area contributed by atoms with Crippen LogP contribution < -0.4 is 5.32 Å². The van der Waals surface area contributed by atoms with E-state index in [4.69, 9.17) is 0 Å². The molecule has 1 aliphatic heterocycles. The van der Waals surface area contributed by atoms with Gasteiger partial charge in [-0.25, -0.2) is 0 Å². The molecule has 0 unspecified atom stereocenters. The number of nitrogens with zero attached hydrogens (tertiary/aromatic N) is 2. The van der Waals surface area contributed by atoms with Gasteiger partial charge in [-0.2, -0.15) is 0 Å². The molecule has 0 radical (unpaired) electrons. The van der Waals surface area contributed by atoms with E-state index in [2.05, 4.69) is 70.7 Å². The Balaban J connectivity index is 1.42. The lowest BCUT2D eigenvalue weighted by molar-refractivity contribution is 0.328. The van der Waals surface area contributed by atoms with Gasteiger partial charge in [0.05, 0.1) is 0 Å². The third-order valence-electron chi connectivity index (χ3n) is 4.84. The van der Waals surface area contributed by atoms with Crippen molar-refractivity contribution in [2.45, 2.75) is 25.9 Å². The first-order valence-corrected chi connectivity index (χ1v) is 8.65. The van der Waals surface area contributed by atoms with Crippen LogP contribution in [0, 0.1) is 6.92 Å². The summed E-state index contributed by atoms with van der Waals surface area (Å²) in [5.41, 5.74) is 3.94. The third kappa shape index (κ3) is 3.26. The van der Waals surface area contributed by atoms with Gasteiger partial charge in [0.25, 0.3) is 0 Å². The standard InChI is InChI=1S/C21H23N3/c1-16-5-7-17(8-6-16)14-24-12-10-19(15-24)23-21-4-2-3-18-13-22-11-9-20(18)21/h2-9,11,13,19,23H,10,12,14-15H2,1H3/t19-/m1/s1. The van der Waals surface area contributed by atoms with Gasteiger partial charge in [0, 0.05) is 54.5 Å². The number of pyridine rings is 1. The second-order valence-electron chi connectivity index (χ2n) is 6.75. The number of hydrogen-bond donors (Lipinski definition) is 1. The van der Waals surface area contributed by atoms with E-state index < -0.39 is 0 Å². The van der Waals surface area contributed by atoms with Crippen LogP contribution in [0.5, 0.6) is 0 Å². The van der Waals surface area contributed by atoms with Gasteiger partial charge in [-0.1, -0.05) is 42.0 Å². The molecular formula is C21H23N3. The Bertz CT molecular complexity index is 821. The van der Waals surface area contributed by atoms with E-state index >= 15 is 0 Å². The van der Waals surface area contributed by atoms with E-state index in [9.17, 15) is 0 Å². The lowest BCUT2D eigenvalue weighted by Crippen LogP contribution is -2.26. The van der Waals surface area contributed by atoms with E-state index in [-0.39, 0.29) is 0 Å². The number of fused-ring (bicyclic) bond motifs is 1. The average molecular weight is 317 g/mol. The fraction of sp³-hybridized carbons (Fsp3) is 0.286. The monoisotopic (exact) mass is 317 g/mol. The normalized spacial score (nSPS) is 18.1. The van der Waals surface area contributed by atoms with Crippen molar-refractivity contribution >= 4 is 16.5 Å². The molecular weight excluding hydrogens is 294 g/mol. The molecule has 3 heteroatoms. The fourth-order valence-corrected chi connectivity index (χ4v) is 3.51. The quantitative estimate of drug-likeness (QED) is 0.780. The first kappa shape index (κ1) is 15.2. The molecule has 2 heterocycles. The minimum atomic E-state index is 0.509. The Morgan fingerprint density at radius 2 is 2.00 bits per heavy atom. The van der Waals surface area contributed by atoms with Gasteiger partial charge in [-0.15, -0.1) is 0 Å². The van der Waals surface area contributed by atoms with Crippen molar-refractivity contribution in [2.75, 3.05) is 18.4 Å². The smallest absolute Gasteiger partial charge is 0.0423 e. The van der Waals surface area contributed by atoms with Crippen LogP contribution in [0.2, 0.25) is 0 Å². The van der Waals surface area contributed by atoms with Gasteiger partial charge in [0.1, 0.15) is 0 Å². The number of nitrogens with one attached hydrogen (secondary N) is 1. The lowest BCUT2D eigenvalue weighted by Gasteiger charge is -2.18. The molecule has 0 saturated carbocycles. The maximum Gasteiger partial charge on any atom is 0.0423 e.